The van der Waals surface area contributed by atoms with Gasteiger partial charge >= 0.3 is 5.97 Å². The number of phenolic OH excluding ortho intramolecular Hbond substituents is 1. The minimum atomic E-state index is -0.521. The normalized spacial score (nSPS) is 12.0. The summed E-state index contributed by atoms with van der Waals surface area (Å²) in [6, 6.07) is 16.8. The Morgan fingerprint density at radius 1 is 0.944 bits per heavy atom. The molecule has 1 atom stereocenters. The summed E-state index contributed by atoms with van der Waals surface area (Å²) in [4.78, 5) is 26.0. The lowest BCUT2D eigenvalue weighted by molar-refractivity contribution is -0.146. The zero-order valence-electron chi connectivity index (χ0n) is 21.1. The summed E-state index contributed by atoms with van der Waals surface area (Å²) < 4.78 is 11.3. The fourth-order valence-corrected chi connectivity index (χ4v) is 4.28. The number of rotatable bonds is 16. The van der Waals surface area contributed by atoms with Crippen molar-refractivity contribution in [3.8, 4) is 5.75 Å². The van der Waals surface area contributed by atoms with Gasteiger partial charge in [0.05, 0.1) is 5.52 Å². The highest BCUT2D eigenvalue weighted by atomic mass is 16.5. The number of aromatic nitrogens is 1. The van der Waals surface area contributed by atoms with Gasteiger partial charge in [-0.15, -0.1) is 0 Å². The van der Waals surface area contributed by atoms with Crippen LogP contribution in [-0.2, 0) is 20.7 Å². The number of fused-ring (bicyclic) bond motifs is 1. The van der Waals surface area contributed by atoms with Crippen LogP contribution in [-0.4, -0.2) is 42.4 Å². The maximum atomic E-state index is 11.7. The number of phenols is 1. The van der Waals surface area contributed by atoms with Crippen LogP contribution in [0.15, 0.2) is 59.4 Å². The van der Waals surface area contributed by atoms with Gasteiger partial charge in [0.25, 0.3) is 0 Å². The van der Waals surface area contributed by atoms with Gasteiger partial charge in [-0.1, -0.05) is 49.2 Å². The summed E-state index contributed by atoms with van der Waals surface area (Å²) >= 11 is 0. The topological polar surface area (TPSA) is 101 Å². The second-order valence-corrected chi connectivity index (χ2v) is 9.06. The number of aromatic hydroxyl groups is 1. The molecule has 0 spiro atoms. The SMILES string of the molecule is CC(=O)O[C@@H](CNCCCCCCOCCCCc1ccccc1)c1ccc(O)c2[nH]c(=O)ccc12. The third kappa shape index (κ3) is 9.13. The van der Waals surface area contributed by atoms with E-state index in [1.54, 1.807) is 12.1 Å². The molecule has 36 heavy (non-hydrogen) atoms. The van der Waals surface area contributed by atoms with Crippen molar-refractivity contribution < 1.29 is 19.4 Å². The lowest BCUT2D eigenvalue weighted by Crippen LogP contribution is -2.26. The van der Waals surface area contributed by atoms with E-state index in [1.165, 1.54) is 24.6 Å². The summed E-state index contributed by atoms with van der Waals surface area (Å²) in [5.41, 5.74) is 2.17. The molecule has 0 radical (unpaired) electrons. The van der Waals surface area contributed by atoms with E-state index in [-0.39, 0.29) is 17.3 Å². The minimum absolute atomic E-state index is 0.0165. The van der Waals surface area contributed by atoms with Crippen molar-refractivity contribution in [2.24, 2.45) is 0 Å². The van der Waals surface area contributed by atoms with E-state index >= 15 is 0 Å². The van der Waals surface area contributed by atoms with Gasteiger partial charge in [-0.05, 0) is 56.3 Å². The first-order valence-electron chi connectivity index (χ1n) is 12.9. The first-order chi connectivity index (χ1) is 17.5. The fraction of sp³-hybridized carbons (Fsp3) is 0.448. The maximum Gasteiger partial charge on any atom is 0.303 e. The summed E-state index contributed by atoms with van der Waals surface area (Å²) in [5.74, 6) is -0.398. The molecule has 0 fully saturated rings. The fourth-order valence-electron chi connectivity index (χ4n) is 4.28. The number of benzene rings is 2. The molecule has 3 rings (SSSR count). The standard InChI is InChI=1S/C29H38N2O5/c1-22(32)36-27(24-14-16-26(33)29-25(24)15-17-28(34)31-29)21-30-18-8-2-3-9-19-35-20-10-7-13-23-11-5-4-6-12-23/h4-6,11-12,14-17,27,30,33H,2-3,7-10,13,18-21H2,1H3,(H,31,34)/t27-/m0/s1. The third-order valence-corrected chi connectivity index (χ3v) is 6.13. The number of esters is 1. The second-order valence-electron chi connectivity index (χ2n) is 9.06. The molecule has 0 unspecified atom stereocenters. The van der Waals surface area contributed by atoms with E-state index in [2.05, 4.69) is 34.6 Å². The number of pyridine rings is 1. The molecule has 3 N–H and O–H groups in total. The number of hydrogen-bond donors (Lipinski definition) is 3. The number of nitrogens with one attached hydrogen (secondary N) is 2. The van der Waals surface area contributed by atoms with Gasteiger partial charge in [-0.2, -0.15) is 0 Å². The molecule has 0 aliphatic rings. The molecule has 0 saturated heterocycles. The van der Waals surface area contributed by atoms with Crippen molar-refractivity contribution in [1.82, 2.24) is 10.3 Å². The lowest BCUT2D eigenvalue weighted by atomic mass is 10.0. The summed E-state index contributed by atoms with van der Waals surface area (Å²) in [6.45, 7) is 4.27. The predicted molar refractivity (Wildman–Crippen MR) is 142 cm³/mol. The number of H-pyrrole nitrogens is 1. The molecule has 1 aromatic heterocycles. The zero-order valence-corrected chi connectivity index (χ0v) is 21.1. The molecular formula is C29H38N2O5. The van der Waals surface area contributed by atoms with Crippen molar-refractivity contribution in [2.45, 2.75) is 58.0 Å². The van der Waals surface area contributed by atoms with Gasteiger partial charge in [0.15, 0.2) is 0 Å². The Bertz CT molecular complexity index is 1130. The molecule has 2 aromatic carbocycles. The predicted octanol–water partition coefficient (Wildman–Crippen LogP) is 5.03. The Balaban J connectivity index is 1.30. The molecule has 1 heterocycles. The zero-order chi connectivity index (χ0) is 25.6. The summed E-state index contributed by atoms with van der Waals surface area (Å²) in [5, 5.41) is 14.1. The number of aromatic amines is 1. The Kier molecular flexibility index (Phi) is 11.5. The quantitative estimate of drug-likeness (QED) is 0.191. The number of aryl methyl sites for hydroxylation is 1. The Morgan fingerprint density at radius 3 is 2.47 bits per heavy atom. The van der Waals surface area contributed by atoms with E-state index in [0.29, 0.717) is 17.4 Å². The van der Waals surface area contributed by atoms with Crippen LogP contribution in [0.4, 0.5) is 0 Å². The minimum Gasteiger partial charge on any atom is -0.506 e. The first-order valence-corrected chi connectivity index (χ1v) is 12.9. The largest absolute Gasteiger partial charge is 0.506 e. The maximum absolute atomic E-state index is 11.7. The highest BCUT2D eigenvalue weighted by molar-refractivity contribution is 5.87. The monoisotopic (exact) mass is 494 g/mol. The van der Waals surface area contributed by atoms with Gasteiger partial charge in [0.2, 0.25) is 5.56 Å². The van der Waals surface area contributed by atoms with Crippen LogP contribution in [0, 0.1) is 0 Å². The van der Waals surface area contributed by atoms with Crippen molar-refractivity contribution in [3.05, 3.63) is 76.1 Å². The molecule has 0 bridgehead atoms. The van der Waals surface area contributed by atoms with Gasteiger partial charge in [0.1, 0.15) is 11.9 Å². The lowest BCUT2D eigenvalue weighted by Gasteiger charge is -2.20. The highest BCUT2D eigenvalue weighted by Gasteiger charge is 2.19. The van der Waals surface area contributed by atoms with E-state index < -0.39 is 6.10 Å². The molecule has 0 amide bonds. The van der Waals surface area contributed by atoms with E-state index in [1.807, 2.05) is 6.07 Å². The van der Waals surface area contributed by atoms with Crippen LogP contribution < -0.4 is 10.9 Å². The van der Waals surface area contributed by atoms with Gasteiger partial charge in [-0.3, -0.25) is 9.59 Å². The molecule has 0 aliphatic heterocycles. The smallest absolute Gasteiger partial charge is 0.303 e. The average Bonchev–Trinajstić information content (AvgIpc) is 2.87. The number of hydrogen-bond acceptors (Lipinski definition) is 6. The van der Waals surface area contributed by atoms with Crippen LogP contribution in [0.3, 0.4) is 0 Å². The van der Waals surface area contributed by atoms with Crippen molar-refractivity contribution >= 4 is 16.9 Å². The number of unbranched alkanes of at least 4 members (excludes halogenated alkanes) is 4. The van der Waals surface area contributed by atoms with Crippen molar-refractivity contribution in [2.75, 3.05) is 26.3 Å². The highest BCUT2D eigenvalue weighted by Crippen LogP contribution is 2.30. The number of carbonyl (C=O) groups is 1. The molecule has 0 aliphatic carbocycles. The summed E-state index contributed by atoms with van der Waals surface area (Å²) in [6.07, 6.45) is 7.14. The molecule has 7 nitrogen and oxygen atoms in total. The first kappa shape index (κ1) is 27.4. The van der Waals surface area contributed by atoms with Crippen LogP contribution in [0.5, 0.6) is 5.75 Å². The van der Waals surface area contributed by atoms with E-state index in [9.17, 15) is 14.7 Å². The molecule has 7 heteroatoms. The molecule has 0 saturated carbocycles. The number of ether oxygens (including phenoxy) is 2. The van der Waals surface area contributed by atoms with Gasteiger partial charge in [-0.25, -0.2) is 0 Å². The Morgan fingerprint density at radius 2 is 1.69 bits per heavy atom. The third-order valence-electron chi connectivity index (χ3n) is 6.13. The van der Waals surface area contributed by atoms with Gasteiger partial charge in [0, 0.05) is 43.7 Å². The van der Waals surface area contributed by atoms with E-state index in [4.69, 9.17) is 9.47 Å². The van der Waals surface area contributed by atoms with Crippen molar-refractivity contribution in [3.63, 3.8) is 0 Å². The van der Waals surface area contributed by atoms with E-state index in [0.717, 1.165) is 70.3 Å². The molecule has 194 valence electrons. The van der Waals surface area contributed by atoms with Crippen molar-refractivity contribution in [1.29, 1.82) is 0 Å². The Hall–Kier alpha value is -3.16. The van der Waals surface area contributed by atoms with Crippen LogP contribution in [0.1, 0.15) is 62.7 Å². The number of carbonyl (C=O) groups excluding carboxylic acids is 1. The second kappa shape index (κ2) is 15.1. The van der Waals surface area contributed by atoms with Crippen LogP contribution >= 0.6 is 0 Å². The summed E-state index contributed by atoms with van der Waals surface area (Å²) in [7, 11) is 0. The van der Waals surface area contributed by atoms with Crippen LogP contribution in [0.2, 0.25) is 0 Å². The average molecular weight is 495 g/mol. The molecular weight excluding hydrogens is 456 g/mol. The van der Waals surface area contributed by atoms with Gasteiger partial charge < -0.3 is 24.9 Å². The Labute approximate surface area is 212 Å². The van der Waals surface area contributed by atoms with Crippen LogP contribution in [0.25, 0.3) is 10.9 Å². The molecule has 3 aromatic rings.